The first-order valence-corrected chi connectivity index (χ1v) is 5.40. The molecule has 0 fully saturated rings. The van der Waals surface area contributed by atoms with E-state index in [-0.39, 0.29) is 5.82 Å². The molecule has 1 N–H and O–H groups in total. The van der Waals surface area contributed by atoms with Crippen molar-refractivity contribution in [2.24, 2.45) is 0 Å². The molecule has 1 aromatic carbocycles. The fraction of sp³-hybridized carbons (Fsp3) is 0.308. The predicted octanol–water partition coefficient (Wildman–Crippen LogP) is 2.59. The maximum absolute atomic E-state index is 13.5. The van der Waals surface area contributed by atoms with Gasteiger partial charge < -0.3 is 5.11 Å². The van der Waals surface area contributed by atoms with Crippen LogP contribution in [0.2, 0.25) is 0 Å². The van der Waals surface area contributed by atoms with Crippen LogP contribution in [0.25, 0.3) is 17.0 Å². The Morgan fingerprint density at radius 1 is 1.53 bits per heavy atom. The predicted molar refractivity (Wildman–Crippen MR) is 66.1 cm³/mol. The summed E-state index contributed by atoms with van der Waals surface area (Å²) in [5.74, 6) is -0.332. The Hall–Kier alpha value is -1.68. The first kappa shape index (κ1) is 11.8. The van der Waals surface area contributed by atoms with Crippen LogP contribution < -0.4 is 0 Å². The summed E-state index contributed by atoms with van der Waals surface area (Å²) in [6, 6.07) is 3.08. The van der Waals surface area contributed by atoms with E-state index >= 15 is 0 Å². The molecule has 0 aliphatic carbocycles. The van der Waals surface area contributed by atoms with Crippen LogP contribution in [0.1, 0.15) is 19.4 Å². The van der Waals surface area contributed by atoms with E-state index in [9.17, 15) is 9.50 Å². The van der Waals surface area contributed by atoms with Crippen LogP contribution in [0.4, 0.5) is 4.39 Å². The highest BCUT2D eigenvalue weighted by Crippen LogP contribution is 2.19. The van der Waals surface area contributed by atoms with Gasteiger partial charge in [0.25, 0.3) is 0 Å². The van der Waals surface area contributed by atoms with E-state index in [1.807, 2.05) is 0 Å². The minimum absolute atomic E-state index is 0.332. The molecule has 1 heterocycles. The largest absolute Gasteiger partial charge is 0.389 e. The zero-order valence-electron chi connectivity index (χ0n) is 9.94. The summed E-state index contributed by atoms with van der Waals surface area (Å²) in [5.41, 5.74) is 0.194. The van der Waals surface area contributed by atoms with Crippen molar-refractivity contribution in [2.45, 2.75) is 26.0 Å². The van der Waals surface area contributed by atoms with Gasteiger partial charge in [-0.3, -0.25) is 4.68 Å². The second-order valence-electron chi connectivity index (χ2n) is 4.78. The summed E-state index contributed by atoms with van der Waals surface area (Å²) in [7, 11) is 0. The third-order valence-corrected chi connectivity index (χ3v) is 2.44. The first-order chi connectivity index (χ1) is 7.89. The second kappa shape index (κ2) is 3.96. The Labute approximate surface area is 99.2 Å². The van der Waals surface area contributed by atoms with Crippen LogP contribution in [0.3, 0.4) is 0 Å². The lowest BCUT2D eigenvalue weighted by atomic mass is 10.1. The van der Waals surface area contributed by atoms with Crippen molar-refractivity contribution in [3.63, 3.8) is 0 Å². The number of fused-ring (bicyclic) bond motifs is 1. The van der Waals surface area contributed by atoms with Crippen LogP contribution >= 0.6 is 0 Å². The molecule has 0 spiro atoms. The lowest BCUT2D eigenvalue weighted by Gasteiger charge is -2.16. The highest BCUT2D eigenvalue weighted by molar-refractivity contribution is 5.81. The molecule has 2 aromatic rings. The van der Waals surface area contributed by atoms with E-state index in [1.165, 1.54) is 12.1 Å². The molecular weight excluding hydrogens is 219 g/mol. The molecule has 0 radical (unpaired) electrons. The van der Waals surface area contributed by atoms with Crippen molar-refractivity contribution in [1.29, 1.82) is 0 Å². The Morgan fingerprint density at radius 3 is 2.82 bits per heavy atom. The minimum Gasteiger partial charge on any atom is -0.389 e. The molecule has 2 rings (SSSR count). The van der Waals surface area contributed by atoms with E-state index < -0.39 is 5.60 Å². The molecule has 0 aliphatic heterocycles. The number of rotatable bonds is 3. The van der Waals surface area contributed by atoms with Crippen LogP contribution in [0, 0.1) is 5.82 Å². The molecule has 17 heavy (non-hydrogen) atoms. The van der Waals surface area contributed by atoms with Crippen LogP contribution in [-0.2, 0) is 6.54 Å². The molecule has 4 heteroatoms. The summed E-state index contributed by atoms with van der Waals surface area (Å²) in [5, 5.41) is 14.8. The van der Waals surface area contributed by atoms with Gasteiger partial charge in [-0.2, -0.15) is 5.10 Å². The quantitative estimate of drug-likeness (QED) is 0.886. The van der Waals surface area contributed by atoms with Crippen molar-refractivity contribution in [1.82, 2.24) is 9.78 Å². The van der Waals surface area contributed by atoms with Gasteiger partial charge in [-0.1, -0.05) is 12.7 Å². The lowest BCUT2D eigenvalue weighted by molar-refractivity contribution is 0.0580. The maximum atomic E-state index is 13.5. The second-order valence-corrected chi connectivity index (χ2v) is 4.78. The summed E-state index contributed by atoms with van der Waals surface area (Å²) in [6.07, 6.45) is 3.27. The van der Waals surface area contributed by atoms with Gasteiger partial charge in [0.15, 0.2) is 0 Å². The van der Waals surface area contributed by atoms with Gasteiger partial charge in [-0.05, 0) is 19.9 Å². The number of hydrogen-bond acceptors (Lipinski definition) is 2. The molecule has 3 nitrogen and oxygen atoms in total. The Morgan fingerprint density at radius 2 is 2.24 bits per heavy atom. The van der Waals surface area contributed by atoms with Crippen molar-refractivity contribution in [3.05, 3.63) is 36.3 Å². The lowest BCUT2D eigenvalue weighted by Crippen LogP contribution is -2.26. The molecule has 1 aromatic heterocycles. The number of benzene rings is 1. The average Bonchev–Trinajstić information content (AvgIpc) is 2.54. The molecule has 0 aliphatic rings. The van der Waals surface area contributed by atoms with E-state index in [0.29, 0.717) is 17.6 Å². The number of nitrogens with zero attached hydrogens (tertiary/aromatic N) is 2. The molecule has 0 bridgehead atoms. The van der Waals surface area contributed by atoms with Gasteiger partial charge in [0.05, 0.1) is 17.7 Å². The maximum Gasteiger partial charge on any atom is 0.132 e. The van der Waals surface area contributed by atoms with Crippen LogP contribution in [-0.4, -0.2) is 20.5 Å². The van der Waals surface area contributed by atoms with E-state index in [0.717, 1.165) is 5.39 Å². The average molecular weight is 234 g/mol. The zero-order chi connectivity index (χ0) is 12.6. The Balaban J connectivity index is 2.47. The fourth-order valence-electron chi connectivity index (χ4n) is 1.75. The van der Waals surface area contributed by atoms with Gasteiger partial charge in [-0.25, -0.2) is 4.39 Å². The van der Waals surface area contributed by atoms with Crippen LogP contribution in [0.15, 0.2) is 24.9 Å². The van der Waals surface area contributed by atoms with Crippen molar-refractivity contribution in [2.75, 3.05) is 0 Å². The normalized spacial score (nSPS) is 12.0. The topological polar surface area (TPSA) is 38.0 Å². The van der Waals surface area contributed by atoms with Gasteiger partial charge in [0.2, 0.25) is 0 Å². The highest BCUT2D eigenvalue weighted by atomic mass is 19.1. The van der Waals surface area contributed by atoms with Crippen LogP contribution in [0.5, 0.6) is 0 Å². The Bertz CT molecular complexity index is 567. The van der Waals surface area contributed by atoms with E-state index in [2.05, 4.69) is 11.7 Å². The summed E-state index contributed by atoms with van der Waals surface area (Å²) in [6.45, 7) is 7.33. The third-order valence-electron chi connectivity index (χ3n) is 2.44. The molecule has 0 atom stereocenters. The molecule has 90 valence electrons. The zero-order valence-corrected chi connectivity index (χ0v) is 9.94. The standard InChI is InChI=1S/C13H15FN2O/c1-4-9-5-10-7-16(8-13(2,3)17)15-12(10)6-11(9)14/h4-7,17H,1,8H2,2-3H3. The fourth-order valence-corrected chi connectivity index (χ4v) is 1.75. The molecule has 0 saturated carbocycles. The molecule has 0 amide bonds. The summed E-state index contributed by atoms with van der Waals surface area (Å²) >= 11 is 0. The summed E-state index contributed by atoms with van der Waals surface area (Å²) in [4.78, 5) is 0. The van der Waals surface area contributed by atoms with Gasteiger partial charge in [0, 0.05) is 23.2 Å². The van der Waals surface area contributed by atoms with Gasteiger partial charge in [0.1, 0.15) is 5.82 Å². The number of aliphatic hydroxyl groups is 1. The minimum atomic E-state index is -0.845. The number of halogens is 1. The van der Waals surface area contributed by atoms with Crippen molar-refractivity contribution >= 4 is 17.0 Å². The number of hydrogen-bond donors (Lipinski definition) is 1. The van der Waals surface area contributed by atoms with Crippen molar-refractivity contribution < 1.29 is 9.50 Å². The Kier molecular flexibility index (Phi) is 2.75. The first-order valence-electron chi connectivity index (χ1n) is 5.40. The molecule has 0 unspecified atom stereocenters. The molecule has 0 saturated heterocycles. The SMILES string of the molecule is C=Cc1cc2cn(CC(C)(C)O)nc2cc1F. The van der Waals surface area contributed by atoms with Gasteiger partial charge in [-0.15, -0.1) is 0 Å². The van der Waals surface area contributed by atoms with Crippen molar-refractivity contribution in [3.8, 4) is 0 Å². The van der Waals surface area contributed by atoms with E-state index in [1.54, 1.807) is 30.8 Å². The smallest absolute Gasteiger partial charge is 0.132 e. The highest BCUT2D eigenvalue weighted by Gasteiger charge is 2.15. The van der Waals surface area contributed by atoms with Gasteiger partial charge >= 0.3 is 0 Å². The van der Waals surface area contributed by atoms with E-state index in [4.69, 9.17) is 0 Å². The summed E-state index contributed by atoms with van der Waals surface area (Å²) < 4.78 is 15.1. The molecular formula is C13H15FN2O. The monoisotopic (exact) mass is 234 g/mol. The number of aromatic nitrogens is 2. The third kappa shape index (κ3) is 2.53.